The summed E-state index contributed by atoms with van der Waals surface area (Å²) in [6.45, 7) is 1.90. The maximum absolute atomic E-state index is 13.3. The standard InChI is InChI=1S/C25H24FN3O4S/c1-17(28-34(32,33)20-10-8-19(26)9-11-20)25-22(15-18-5-4-13-27-16-18)21-6-2-3-7-23(21)29(25)14-12-24(30)31/h2-11,13,16-17,28H,12,14-15H2,1H3,(H,30,31). The third-order valence-corrected chi connectivity index (χ3v) is 7.20. The Bertz CT molecular complexity index is 1420. The monoisotopic (exact) mass is 481 g/mol. The molecule has 0 aliphatic heterocycles. The third kappa shape index (κ3) is 5.00. The molecule has 0 radical (unpaired) electrons. The van der Waals surface area contributed by atoms with Crippen molar-refractivity contribution < 1.29 is 22.7 Å². The Labute approximate surface area is 196 Å². The van der Waals surface area contributed by atoms with Crippen LogP contribution >= 0.6 is 0 Å². The molecule has 1 atom stereocenters. The molecule has 0 saturated heterocycles. The van der Waals surface area contributed by atoms with E-state index in [1.54, 1.807) is 19.3 Å². The number of carboxylic acids is 1. The van der Waals surface area contributed by atoms with Gasteiger partial charge in [-0.2, -0.15) is 0 Å². The van der Waals surface area contributed by atoms with E-state index in [9.17, 15) is 22.7 Å². The Balaban J connectivity index is 1.82. The van der Waals surface area contributed by atoms with Gasteiger partial charge in [0.15, 0.2) is 0 Å². The zero-order valence-corrected chi connectivity index (χ0v) is 19.3. The van der Waals surface area contributed by atoms with Crippen LogP contribution in [-0.2, 0) is 27.8 Å². The zero-order valence-electron chi connectivity index (χ0n) is 18.5. The van der Waals surface area contributed by atoms with Gasteiger partial charge in [0, 0.05) is 42.0 Å². The van der Waals surface area contributed by atoms with Crippen LogP contribution < -0.4 is 4.72 Å². The van der Waals surface area contributed by atoms with Gasteiger partial charge in [-0.3, -0.25) is 9.78 Å². The molecule has 4 aromatic rings. The van der Waals surface area contributed by atoms with Gasteiger partial charge < -0.3 is 9.67 Å². The number of carboxylic acid groups (broad SMARTS) is 1. The van der Waals surface area contributed by atoms with Crippen LogP contribution in [0.3, 0.4) is 0 Å². The Hall–Kier alpha value is -3.56. The van der Waals surface area contributed by atoms with E-state index in [4.69, 9.17) is 0 Å². The number of pyridine rings is 1. The number of hydrogen-bond donors (Lipinski definition) is 2. The van der Waals surface area contributed by atoms with E-state index in [-0.39, 0.29) is 17.9 Å². The fourth-order valence-electron chi connectivity index (χ4n) is 4.20. The summed E-state index contributed by atoms with van der Waals surface area (Å²) >= 11 is 0. The van der Waals surface area contributed by atoms with E-state index in [2.05, 4.69) is 9.71 Å². The van der Waals surface area contributed by atoms with Crippen LogP contribution in [0.1, 0.15) is 36.2 Å². The number of rotatable bonds is 9. The SMILES string of the molecule is CC(NS(=O)(=O)c1ccc(F)cc1)c1c(Cc2cccnc2)c2ccccc2n1CCC(=O)O. The highest BCUT2D eigenvalue weighted by molar-refractivity contribution is 7.89. The second kappa shape index (κ2) is 9.74. The van der Waals surface area contributed by atoms with E-state index in [1.807, 2.05) is 41.0 Å². The lowest BCUT2D eigenvalue weighted by atomic mass is 10.0. The topological polar surface area (TPSA) is 101 Å². The van der Waals surface area contributed by atoms with Crippen molar-refractivity contribution >= 4 is 26.9 Å². The van der Waals surface area contributed by atoms with Crippen LogP contribution in [0.15, 0.2) is 78.0 Å². The first-order chi connectivity index (χ1) is 16.3. The van der Waals surface area contributed by atoms with Crippen molar-refractivity contribution in [2.24, 2.45) is 0 Å². The Morgan fingerprint density at radius 1 is 1.12 bits per heavy atom. The summed E-state index contributed by atoms with van der Waals surface area (Å²) in [6.07, 6.45) is 3.81. The number of aliphatic carboxylic acids is 1. The number of para-hydroxylation sites is 1. The Kier molecular flexibility index (Phi) is 6.76. The predicted molar refractivity (Wildman–Crippen MR) is 126 cm³/mol. The summed E-state index contributed by atoms with van der Waals surface area (Å²) in [6, 6.07) is 15.3. The Morgan fingerprint density at radius 2 is 1.85 bits per heavy atom. The van der Waals surface area contributed by atoms with Gasteiger partial charge in [0.1, 0.15) is 5.82 Å². The smallest absolute Gasteiger partial charge is 0.305 e. The number of fused-ring (bicyclic) bond motifs is 1. The van der Waals surface area contributed by atoms with E-state index >= 15 is 0 Å². The molecule has 9 heteroatoms. The highest BCUT2D eigenvalue weighted by Gasteiger charge is 2.26. The molecule has 34 heavy (non-hydrogen) atoms. The molecule has 7 nitrogen and oxygen atoms in total. The molecule has 0 spiro atoms. The molecular weight excluding hydrogens is 457 g/mol. The van der Waals surface area contributed by atoms with Gasteiger partial charge in [-0.25, -0.2) is 17.5 Å². The number of aryl methyl sites for hydroxylation is 1. The van der Waals surface area contributed by atoms with Crippen LogP contribution in [-0.4, -0.2) is 29.0 Å². The summed E-state index contributed by atoms with van der Waals surface area (Å²) in [5.41, 5.74) is 3.34. The summed E-state index contributed by atoms with van der Waals surface area (Å²) in [5, 5.41) is 10.2. The lowest BCUT2D eigenvalue weighted by molar-refractivity contribution is -0.137. The molecule has 0 bridgehead atoms. The van der Waals surface area contributed by atoms with Gasteiger partial charge in [0.2, 0.25) is 10.0 Å². The molecule has 0 amide bonds. The quantitative estimate of drug-likeness (QED) is 0.372. The first-order valence-electron chi connectivity index (χ1n) is 10.7. The van der Waals surface area contributed by atoms with E-state index in [0.717, 1.165) is 34.2 Å². The number of benzene rings is 2. The van der Waals surface area contributed by atoms with Gasteiger partial charge >= 0.3 is 5.97 Å². The number of sulfonamides is 1. The van der Waals surface area contributed by atoms with E-state index in [1.165, 1.54) is 12.1 Å². The first kappa shape index (κ1) is 23.6. The van der Waals surface area contributed by atoms with Gasteiger partial charge in [-0.1, -0.05) is 24.3 Å². The lowest BCUT2D eigenvalue weighted by Gasteiger charge is -2.20. The molecule has 0 aliphatic carbocycles. The molecule has 2 aromatic carbocycles. The van der Waals surface area contributed by atoms with E-state index in [0.29, 0.717) is 12.1 Å². The minimum Gasteiger partial charge on any atom is -0.481 e. The fraction of sp³-hybridized carbons (Fsp3) is 0.200. The number of nitrogens with zero attached hydrogens (tertiary/aromatic N) is 2. The predicted octanol–water partition coefficient (Wildman–Crippen LogP) is 4.28. The molecular formula is C25H24FN3O4S. The summed E-state index contributed by atoms with van der Waals surface area (Å²) < 4.78 is 44.0. The number of nitrogens with one attached hydrogen (secondary N) is 1. The maximum Gasteiger partial charge on any atom is 0.305 e. The lowest BCUT2D eigenvalue weighted by Crippen LogP contribution is -2.29. The third-order valence-electron chi connectivity index (χ3n) is 5.64. The molecule has 2 N–H and O–H groups in total. The van der Waals surface area contributed by atoms with E-state index < -0.39 is 27.9 Å². The van der Waals surface area contributed by atoms with Crippen molar-refractivity contribution in [1.82, 2.24) is 14.3 Å². The molecule has 0 saturated carbocycles. The average molecular weight is 482 g/mol. The molecule has 176 valence electrons. The van der Waals surface area contributed by atoms with Crippen LogP contribution in [0.5, 0.6) is 0 Å². The molecule has 2 heterocycles. The number of carbonyl (C=O) groups is 1. The van der Waals surface area contributed by atoms with Crippen molar-refractivity contribution in [2.75, 3.05) is 0 Å². The van der Waals surface area contributed by atoms with Crippen LogP contribution in [0, 0.1) is 5.82 Å². The number of hydrogen-bond acceptors (Lipinski definition) is 4. The van der Waals surface area contributed by atoms with Crippen molar-refractivity contribution in [3.05, 3.63) is 95.7 Å². The largest absolute Gasteiger partial charge is 0.481 e. The van der Waals surface area contributed by atoms with Crippen molar-refractivity contribution in [1.29, 1.82) is 0 Å². The van der Waals surface area contributed by atoms with Crippen molar-refractivity contribution in [3.8, 4) is 0 Å². The first-order valence-corrected chi connectivity index (χ1v) is 12.2. The molecule has 0 fully saturated rings. The summed E-state index contributed by atoms with van der Waals surface area (Å²) in [5.74, 6) is -1.48. The van der Waals surface area contributed by atoms with Gasteiger partial charge in [-0.15, -0.1) is 0 Å². The summed E-state index contributed by atoms with van der Waals surface area (Å²) in [4.78, 5) is 15.5. The normalized spacial score (nSPS) is 12.6. The average Bonchev–Trinajstić information content (AvgIpc) is 3.12. The van der Waals surface area contributed by atoms with Crippen LogP contribution in [0.2, 0.25) is 0 Å². The fourth-order valence-corrected chi connectivity index (χ4v) is 5.41. The van der Waals surface area contributed by atoms with Crippen molar-refractivity contribution in [2.45, 2.75) is 37.2 Å². The minimum absolute atomic E-state index is 0.0530. The van der Waals surface area contributed by atoms with Crippen molar-refractivity contribution in [3.63, 3.8) is 0 Å². The second-order valence-electron chi connectivity index (χ2n) is 8.01. The summed E-state index contributed by atoms with van der Waals surface area (Å²) in [7, 11) is -3.96. The highest BCUT2D eigenvalue weighted by atomic mass is 32.2. The molecule has 4 rings (SSSR count). The highest BCUT2D eigenvalue weighted by Crippen LogP contribution is 2.33. The zero-order chi connectivity index (χ0) is 24.3. The minimum atomic E-state index is -3.96. The van der Waals surface area contributed by atoms with Crippen LogP contribution in [0.25, 0.3) is 10.9 Å². The maximum atomic E-state index is 13.3. The van der Waals surface area contributed by atoms with Gasteiger partial charge in [0.05, 0.1) is 17.4 Å². The Morgan fingerprint density at radius 3 is 2.53 bits per heavy atom. The molecule has 2 aromatic heterocycles. The second-order valence-corrected chi connectivity index (χ2v) is 9.73. The molecule has 1 unspecified atom stereocenters. The van der Waals surface area contributed by atoms with Gasteiger partial charge in [0.25, 0.3) is 0 Å². The van der Waals surface area contributed by atoms with Crippen LogP contribution in [0.4, 0.5) is 4.39 Å². The number of aromatic nitrogens is 2. The number of halogens is 1. The molecule has 0 aliphatic rings. The van der Waals surface area contributed by atoms with Gasteiger partial charge in [-0.05, 0) is 54.4 Å².